The van der Waals surface area contributed by atoms with Crippen LogP contribution in [0.3, 0.4) is 0 Å². The summed E-state index contributed by atoms with van der Waals surface area (Å²) in [6, 6.07) is 23.8. The summed E-state index contributed by atoms with van der Waals surface area (Å²) < 4.78 is 0. The number of nitrogens with zero attached hydrogens (tertiary/aromatic N) is 4. The van der Waals surface area contributed by atoms with Gasteiger partial charge >= 0.3 is 40.8 Å². The fraction of sp³-hybridized carbons (Fsp3) is 0.143. The number of aliphatic imine (C=N–C) groups is 2. The Morgan fingerprint density at radius 3 is 1.28 bits per heavy atom. The van der Waals surface area contributed by atoms with E-state index in [0.717, 1.165) is 72.8 Å². The smallest absolute Gasteiger partial charge is 1.00 e. The number of aromatic nitrogens is 2. The third kappa shape index (κ3) is 10.5. The van der Waals surface area contributed by atoms with Gasteiger partial charge in [0.05, 0.1) is 35.2 Å². The molecule has 0 fully saturated rings. The van der Waals surface area contributed by atoms with Gasteiger partial charge in [0.1, 0.15) is 5.75 Å². The number of pyridine rings is 2. The minimum atomic E-state index is 0. The van der Waals surface area contributed by atoms with Crippen molar-refractivity contribution in [1.29, 1.82) is 0 Å². The molecule has 0 atom stereocenters. The summed E-state index contributed by atoms with van der Waals surface area (Å²) in [6.07, 6.45) is 7.10. The first-order chi connectivity index (χ1) is 19.3. The van der Waals surface area contributed by atoms with Crippen LogP contribution < -0.4 is 49.6 Å². The van der Waals surface area contributed by atoms with Crippen molar-refractivity contribution in [3.63, 3.8) is 0 Å². The SMILES string of the molecule is Cc1cc(-c2c(C)ccc(O)c2-c2cc(C)c(N=Cc3ccccn3)c(C)c2)cc(C)c1N=Cc1ccccn1.[Cl-].[Cl-].[Cl-].[Cl-].[Pd+2].[Pd+2]. The summed E-state index contributed by atoms with van der Waals surface area (Å²) in [6.45, 7) is 10.3. The summed E-state index contributed by atoms with van der Waals surface area (Å²) in [4.78, 5) is 18.2. The van der Waals surface area contributed by atoms with Crippen LogP contribution in [0.2, 0.25) is 0 Å². The Morgan fingerprint density at radius 2 is 0.913 bits per heavy atom. The van der Waals surface area contributed by atoms with E-state index in [1.165, 1.54) is 0 Å². The molecule has 0 aliphatic carbocycles. The minimum Gasteiger partial charge on any atom is -1.00 e. The zero-order valence-corrected chi connectivity index (χ0v) is 31.8. The average Bonchev–Trinajstić information content (AvgIpc) is 2.94. The van der Waals surface area contributed by atoms with Crippen LogP contribution in [0.15, 0.2) is 95.2 Å². The van der Waals surface area contributed by atoms with E-state index in [4.69, 9.17) is 9.98 Å². The third-order valence-corrected chi connectivity index (χ3v) is 6.98. The van der Waals surface area contributed by atoms with Gasteiger partial charge in [-0.15, -0.1) is 0 Å². The Hall–Kier alpha value is -2.42. The van der Waals surface area contributed by atoms with Gasteiger partial charge in [-0.2, -0.15) is 0 Å². The summed E-state index contributed by atoms with van der Waals surface area (Å²) in [7, 11) is 0. The zero-order chi connectivity index (χ0) is 28.2. The molecule has 5 nitrogen and oxygen atoms in total. The van der Waals surface area contributed by atoms with E-state index in [1.807, 2.05) is 42.5 Å². The van der Waals surface area contributed by atoms with Crippen LogP contribution in [0.5, 0.6) is 5.75 Å². The van der Waals surface area contributed by atoms with E-state index in [-0.39, 0.29) is 96.2 Å². The van der Waals surface area contributed by atoms with Crippen LogP contribution in [-0.2, 0) is 40.8 Å². The molecular formula is C35H32Cl4N4OPd2. The molecule has 0 spiro atoms. The van der Waals surface area contributed by atoms with Crippen LogP contribution in [0.4, 0.5) is 11.4 Å². The first-order valence-corrected chi connectivity index (χ1v) is 13.3. The molecule has 2 aromatic heterocycles. The molecule has 46 heavy (non-hydrogen) atoms. The van der Waals surface area contributed by atoms with Gasteiger partial charge in [0, 0.05) is 18.0 Å². The molecule has 5 aromatic rings. The number of aromatic hydroxyl groups is 1. The van der Waals surface area contributed by atoms with E-state index in [2.05, 4.69) is 68.9 Å². The molecule has 0 radical (unpaired) electrons. The Labute approximate surface area is 323 Å². The first kappa shape index (κ1) is 45.7. The largest absolute Gasteiger partial charge is 2.00 e. The van der Waals surface area contributed by atoms with Crippen molar-refractivity contribution in [1.82, 2.24) is 9.97 Å². The first-order valence-electron chi connectivity index (χ1n) is 13.3. The topological polar surface area (TPSA) is 70.7 Å². The molecule has 0 saturated heterocycles. The number of phenols is 1. The number of hydrogen-bond acceptors (Lipinski definition) is 5. The quantitative estimate of drug-likeness (QED) is 0.143. The van der Waals surface area contributed by atoms with E-state index in [9.17, 15) is 5.11 Å². The number of hydrogen-bond donors (Lipinski definition) is 1. The maximum absolute atomic E-state index is 11.2. The summed E-state index contributed by atoms with van der Waals surface area (Å²) in [5.74, 6) is 0.247. The normalized spacial score (nSPS) is 10.0. The van der Waals surface area contributed by atoms with Gasteiger partial charge in [-0.25, -0.2) is 0 Å². The van der Waals surface area contributed by atoms with Crippen LogP contribution in [0.25, 0.3) is 22.3 Å². The average molecular weight is 879 g/mol. The van der Waals surface area contributed by atoms with Crippen molar-refractivity contribution in [2.75, 3.05) is 0 Å². The monoisotopic (exact) mass is 876 g/mol. The summed E-state index contributed by atoms with van der Waals surface area (Å²) >= 11 is 0. The second-order valence-electron chi connectivity index (χ2n) is 10.1. The van der Waals surface area contributed by atoms with Gasteiger partial charge in [0.2, 0.25) is 0 Å². The van der Waals surface area contributed by atoms with E-state index in [1.54, 1.807) is 30.9 Å². The third-order valence-electron chi connectivity index (χ3n) is 6.98. The van der Waals surface area contributed by atoms with Crippen molar-refractivity contribution < 1.29 is 95.6 Å². The van der Waals surface area contributed by atoms with E-state index < -0.39 is 0 Å². The molecule has 5 rings (SSSR count). The molecule has 11 heteroatoms. The molecule has 0 aliphatic heterocycles. The number of aryl methyl sites for hydroxylation is 5. The van der Waals surface area contributed by atoms with Crippen LogP contribution >= 0.6 is 0 Å². The molecule has 246 valence electrons. The van der Waals surface area contributed by atoms with E-state index in [0.29, 0.717) is 0 Å². The van der Waals surface area contributed by atoms with Crippen LogP contribution in [0.1, 0.15) is 39.2 Å². The fourth-order valence-corrected chi connectivity index (χ4v) is 5.13. The van der Waals surface area contributed by atoms with Gasteiger partial charge in [0.25, 0.3) is 0 Å². The van der Waals surface area contributed by atoms with Crippen molar-refractivity contribution in [3.8, 4) is 28.0 Å². The molecule has 3 aromatic carbocycles. The molecule has 0 saturated carbocycles. The van der Waals surface area contributed by atoms with Crippen LogP contribution in [-0.4, -0.2) is 27.5 Å². The number of phenolic OH excluding ortho intramolecular Hbond substituents is 1. The molecule has 0 aliphatic rings. The number of halogens is 4. The zero-order valence-electron chi connectivity index (χ0n) is 25.6. The van der Waals surface area contributed by atoms with Gasteiger partial charge in [-0.05, 0) is 134 Å². The Morgan fingerprint density at radius 1 is 0.522 bits per heavy atom. The van der Waals surface area contributed by atoms with Gasteiger partial charge in [-0.1, -0.05) is 18.2 Å². The Bertz CT molecular complexity index is 1590. The second kappa shape index (κ2) is 20.7. The predicted octanol–water partition coefficient (Wildman–Crippen LogP) is -3.43. The molecule has 2 heterocycles. The van der Waals surface area contributed by atoms with Crippen molar-refractivity contribution in [2.24, 2.45) is 9.98 Å². The van der Waals surface area contributed by atoms with Gasteiger partial charge < -0.3 is 54.7 Å². The van der Waals surface area contributed by atoms with Crippen molar-refractivity contribution in [3.05, 3.63) is 124 Å². The number of benzene rings is 3. The van der Waals surface area contributed by atoms with Crippen LogP contribution in [0, 0.1) is 34.6 Å². The Balaban J connectivity index is 0. The second-order valence-corrected chi connectivity index (χ2v) is 10.1. The summed E-state index contributed by atoms with van der Waals surface area (Å²) in [5.41, 5.74) is 12.5. The maximum atomic E-state index is 11.2. The van der Waals surface area contributed by atoms with Gasteiger partial charge in [-0.3, -0.25) is 20.0 Å². The van der Waals surface area contributed by atoms with Gasteiger partial charge in [0.15, 0.2) is 0 Å². The maximum Gasteiger partial charge on any atom is 2.00 e. The predicted molar refractivity (Wildman–Crippen MR) is 166 cm³/mol. The Kier molecular flexibility index (Phi) is 20.6. The summed E-state index contributed by atoms with van der Waals surface area (Å²) in [5, 5.41) is 11.2. The number of rotatable bonds is 6. The van der Waals surface area contributed by atoms with Crippen molar-refractivity contribution >= 4 is 23.8 Å². The molecular weight excluding hydrogens is 847 g/mol. The molecule has 0 bridgehead atoms. The molecule has 1 N–H and O–H groups in total. The molecule has 0 amide bonds. The fourth-order valence-electron chi connectivity index (χ4n) is 5.13. The molecule has 0 unspecified atom stereocenters. The van der Waals surface area contributed by atoms with Crippen molar-refractivity contribution in [2.45, 2.75) is 34.6 Å². The minimum absolute atomic E-state index is 0. The van der Waals surface area contributed by atoms with E-state index >= 15 is 0 Å². The standard InChI is InChI=1S/C35H32N4O.4ClH.2Pd/c1-22-12-13-31(40)33(28-18-25(4)35(26(5)19-28)39-21-30-11-7-9-15-37-30)32(22)27-16-23(2)34(24(3)17-27)38-20-29-10-6-8-14-36-29;;;;;;/h6-21,40H,1-5H3;4*1H;;/q;;;;;2*+2/p-4.